The number of carbonyl (C=O) groups excluding carboxylic acids is 2. The summed E-state index contributed by atoms with van der Waals surface area (Å²) in [5.41, 5.74) is 0.424. The molecule has 0 radical (unpaired) electrons. The molecule has 0 saturated carbocycles. The molecule has 0 aromatic carbocycles. The normalized spacial score (nSPS) is 10.0. The molecule has 0 atom stereocenters. The van der Waals surface area contributed by atoms with Gasteiger partial charge in [0.05, 0.1) is 12.1 Å². The van der Waals surface area contributed by atoms with E-state index in [1.807, 2.05) is 6.92 Å². The smallest absolute Gasteiger partial charge is 0.255 e. The van der Waals surface area contributed by atoms with Gasteiger partial charge in [-0.3, -0.25) is 9.59 Å². The number of aromatic nitrogens is 1. The van der Waals surface area contributed by atoms with Crippen molar-refractivity contribution in [2.75, 3.05) is 27.2 Å². The van der Waals surface area contributed by atoms with E-state index in [2.05, 4.69) is 4.98 Å². The van der Waals surface area contributed by atoms with Crippen LogP contribution in [0.4, 0.5) is 0 Å². The van der Waals surface area contributed by atoms with Crippen LogP contribution in [0.1, 0.15) is 17.3 Å². The van der Waals surface area contributed by atoms with Gasteiger partial charge in [0.1, 0.15) is 5.15 Å². The van der Waals surface area contributed by atoms with Gasteiger partial charge in [-0.15, -0.1) is 0 Å². The van der Waals surface area contributed by atoms with Crippen molar-refractivity contribution in [3.8, 4) is 0 Å². The monoisotopic (exact) mass is 269 g/mol. The largest absolute Gasteiger partial charge is 0.347 e. The van der Waals surface area contributed by atoms with Crippen molar-refractivity contribution in [1.29, 1.82) is 0 Å². The number of amides is 2. The third-order valence-electron chi connectivity index (χ3n) is 2.47. The summed E-state index contributed by atoms with van der Waals surface area (Å²) in [6, 6.07) is 3.15. The van der Waals surface area contributed by atoms with E-state index in [9.17, 15) is 9.59 Å². The first kappa shape index (κ1) is 14.4. The minimum atomic E-state index is -0.225. The Balaban J connectivity index is 2.79. The van der Waals surface area contributed by atoms with Gasteiger partial charge in [0.2, 0.25) is 5.91 Å². The van der Waals surface area contributed by atoms with Crippen molar-refractivity contribution in [3.63, 3.8) is 0 Å². The third-order valence-corrected chi connectivity index (χ3v) is 2.69. The number of carbonyl (C=O) groups is 2. The quantitative estimate of drug-likeness (QED) is 0.774. The van der Waals surface area contributed by atoms with Crippen LogP contribution in [0.15, 0.2) is 18.3 Å². The van der Waals surface area contributed by atoms with Gasteiger partial charge in [-0.25, -0.2) is 4.98 Å². The van der Waals surface area contributed by atoms with Crippen molar-refractivity contribution in [3.05, 3.63) is 29.0 Å². The molecule has 0 aliphatic carbocycles. The molecule has 0 N–H and O–H groups in total. The van der Waals surface area contributed by atoms with Crippen LogP contribution in [-0.4, -0.2) is 53.8 Å². The van der Waals surface area contributed by atoms with Gasteiger partial charge < -0.3 is 9.80 Å². The Morgan fingerprint density at radius 2 is 2.00 bits per heavy atom. The fraction of sp³-hybridized carbons (Fsp3) is 0.417. The third kappa shape index (κ3) is 3.70. The zero-order chi connectivity index (χ0) is 13.7. The summed E-state index contributed by atoms with van der Waals surface area (Å²) in [4.78, 5) is 30.5. The highest BCUT2D eigenvalue weighted by Crippen LogP contribution is 2.08. The van der Waals surface area contributed by atoms with Gasteiger partial charge >= 0.3 is 0 Å². The molecule has 0 fully saturated rings. The number of hydrogen-bond donors (Lipinski definition) is 0. The number of likely N-dealkylation sites (N-methyl/N-ethyl adjacent to an activating group) is 2. The van der Waals surface area contributed by atoms with Crippen LogP contribution < -0.4 is 0 Å². The highest BCUT2D eigenvalue weighted by Gasteiger charge is 2.18. The molecule has 0 aliphatic heterocycles. The lowest BCUT2D eigenvalue weighted by Gasteiger charge is -2.22. The van der Waals surface area contributed by atoms with E-state index >= 15 is 0 Å². The molecule has 18 heavy (non-hydrogen) atoms. The SMILES string of the molecule is CCN(CC(=O)N(C)C)C(=O)c1ccc(Cl)nc1. The minimum absolute atomic E-state index is 0.0605. The molecule has 0 bridgehead atoms. The van der Waals surface area contributed by atoms with Crippen LogP contribution >= 0.6 is 11.6 Å². The average Bonchev–Trinajstić information content (AvgIpc) is 2.35. The van der Waals surface area contributed by atoms with E-state index in [1.54, 1.807) is 26.2 Å². The molecular formula is C12H16ClN3O2. The van der Waals surface area contributed by atoms with Gasteiger partial charge in [0.15, 0.2) is 0 Å². The van der Waals surface area contributed by atoms with Gasteiger partial charge in [-0.1, -0.05) is 11.6 Å². The van der Waals surface area contributed by atoms with Crippen LogP contribution in [0.25, 0.3) is 0 Å². The van der Waals surface area contributed by atoms with Crippen molar-refractivity contribution in [2.45, 2.75) is 6.92 Å². The van der Waals surface area contributed by atoms with E-state index < -0.39 is 0 Å². The maximum atomic E-state index is 12.1. The van der Waals surface area contributed by atoms with Crippen LogP contribution in [-0.2, 0) is 4.79 Å². The Morgan fingerprint density at radius 1 is 1.33 bits per heavy atom. The summed E-state index contributed by atoms with van der Waals surface area (Å²) in [5.74, 6) is -0.344. The van der Waals surface area contributed by atoms with Gasteiger partial charge in [0.25, 0.3) is 5.91 Å². The van der Waals surface area contributed by atoms with Gasteiger partial charge in [-0.2, -0.15) is 0 Å². The van der Waals surface area contributed by atoms with E-state index in [1.165, 1.54) is 16.0 Å². The number of halogens is 1. The summed E-state index contributed by atoms with van der Waals surface area (Å²) in [6.45, 7) is 2.34. The Morgan fingerprint density at radius 3 is 2.44 bits per heavy atom. The van der Waals surface area contributed by atoms with Crippen molar-refractivity contribution in [1.82, 2.24) is 14.8 Å². The second-order valence-electron chi connectivity index (χ2n) is 3.98. The molecule has 5 nitrogen and oxygen atoms in total. The molecule has 2 amide bonds. The summed E-state index contributed by atoms with van der Waals surface area (Å²) in [7, 11) is 3.31. The molecular weight excluding hydrogens is 254 g/mol. The topological polar surface area (TPSA) is 53.5 Å². The summed E-state index contributed by atoms with van der Waals surface area (Å²) in [6.07, 6.45) is 1.41. The number of hydrogen-bond acceptors (Lipinski definition) is 3. The first-order chi connectivity index (χ1) is 8.45. The minimum Gasteiger partial charge on any atom is -0.347 e. The first-order valence-electron chi connectivity index (χ1n) is 5.56. The molecule has 0 saturated heterocycles. The zero-order valence-electron chi connectivity index (χ0n) is 10.7. The second-order valence-corrected chi connectivity index (χ2v) is 4.36. The van der Waals surface area contributed by atoms with Crippen LogP contribution in [0.3, 0.4) is 0 Å². The molecule has 0 aliphatic rings. The molecule has 1 aromatic rings. The Labute approximate surface area is 111 Å². The second kappa shape index (κ2) is 6.35. The van der Waals surface area contributed by atoms with Crippen LogP contribution in [0.5, 0.6) is 0 Å². The highest BCUT2D eigenvalue weighted by atomic mass is 35.5. The Kier molecular flexibility index (Phi) is 5.09. The van der Waals surface area contributed by atoms with E-state index in [0.29, 0.717) is 17.3 Å². The van der Waals surface area contributed by atoms with E-state index in [4.69, 9.17) is 11.6 Å². The lowest BCUT2D eigenvalue weighted by Crippen LogP contribution is -2.40. The first-order valence-corrected chi connectivity index (χ1v) is 5.94. The number of rotatable bonds is 4. The maximum absolute atomic E-state index is 12.1. The molecule has 1 rings (SSSR count). The zero-order valence-corrected chi connectivity index (χ0v) is 11.4. The predicted octanol–water partition coefficient (Wildman–Crippen LogP) is 1.29. The molecule has 0 unspecified atom stereocenters. The molecule has 98 valence electrons. The molecule has 6 heteroatoms. The number of nitrogens with zero attached hydrogens (tertiary/aromatic N) is 3. The van der Waals surface area contributed by atoms with Crippen LogP contribution in [0.2, 0.25) is 5.15 Å². The summed E-state index contributed by atoms with van der Waals surface area (Å²) >= 11 is 5.66. The Bertz CT molecular complexity index is 431. The van der Waals surface area contributed by atoms with E-state index in [-0.39, 0.29) is 18.4 Å². The van der Waals surface area contributed by atoms with Crippen molar-refractivity contribution in [2.24, 2.45) is 0 Å². The average molecular weight is 270 g/mol. The van der Waals surface area contributed by atoms with Gasteiger partial charge in [0, 0.05) is 26.8 Å². The molecule has 1 heterocycles. The van der Waals surface area contributed by atoms with E-state index in [0.717, 1.165) is 0 Å². The lowest BCUT2D eigenvalue weighted by atomic mass is 10.2. The summed E-state index contributed by atoms with van der Waals surface area (Å²) < 4.78 is 0. The summed E-state index contributed by atoms with van der Waals surface area (Å²) in [5, 5.41) is 0.332. The fourth-order valence-corrected chi connectivity index (χ4v) is 1.43. The van der Waals surface area contributed by atoms with Crippen LogP contribution in [0, 0.1) is 0 Å². The van der Waals surface area contributed by atoms with Gasteiger partial charge in [-0.05, 0) is 19.1 Å². The highest BCUT2D eigenvalue weighted by molar-refractivity contribution is 6.29. The van der Waals surface area contributed by atoms with Crippen molar-refractivity contribution < 1.29 is 9.59 Å². The Hall–Kier alpha value is -1.62. The number of pyridine rings is 1. The predicted molar refractivity (Wildman–Crippen MR) is 69.5 cm³/mol. The fourth-order valence-electron chi connectivity index (χ4n) is 1.32. The maximum Gasteiger partial charge on any atom is 0.255 e. The molecule has 1 aromatic heterocycles. The molecule has 0 spiro atoms. The lowest BCUT2D eigenvalue weighted by molar-refractivity contribution is -0.129. The van der Waals surface area contributed by atoms with Crippen molar-refractivity contribution >= 4 is 23.4 Å². The standard InChI is InChI=1S/C12H16ClN3O2/c1-4-16(8-11(17)15(2)3)12(18)9-5-6-10(13)14-7-9/h5-7H,4,8H2,1-3H3.